The summed E-state index contributed by atoms with van der Waals surface area (Å²) in [5.41, 5.74) is 4.12. The van der Waals surface area contributed by atoms with Crippen LogP contribution in [0.2, 0.25) is 0 Å². The lowest BCUT2D eigenvalue weighted by Gasteiger charge is -2.03. The monoisotopic (exact) mass is 352 g/mol. The second-order valence-electron chi connectivity index (χ2n) is 5.80. The summed E-state index contributed by atoms with van der Waals surface area (Å²) in [4.78, 5) is 11.9. The minimum absolute atomic E-state index is 0.000757. The van der Waals surface area contributed by atoms with Crippen molar-refractivity contribution in [2.75, 3.05) is 5.75 Å². The Morgan fingerprint density at radius 3 is 2.64 bits per heavy atom. The molecule has 0 radical (unpaired) electrons. The first-order valence-corrected chi connectivity index (χ1v) is 9.27. The van der Waals surface area contributed by atoms with Gasteiger partial charge in [-0.25, -0.2) is 0 Å². The number of benzene rings is 2. The number of rotatable bonds is 7. The van der Waals surface area contributed by atoms with Crippen molar-refractivity contribution in [3.05, 3.63) is 77.5 Å². The number of aryl methyl sites for hydroxylation is 1. The third-order valence-corrected chi connectivity index (χ3v) is 4.71. The van der Waals surface area contributed by atoms with Crippen LogP contribution in [0.5, 0.6) is 0 Å². The molecular weight excluding hydrogens is 332 g/mol. The Morgan fingerprint density at radius 2 is 1.88 bits per heavy atom. The molecule has 0 fully saturated rings. The topological polar surface area (TPSA) is 55.1 Å². The smallest absolute Gasteiger partial charge is 0.230 e. The van der Waals surface area contributed by atoms with E-state index >= 15 is 0 Å². The van der Waals surface area contributed by atoms with Gasteiger partial charge in [0.25, 0.3) is 0 Å². The Bertz CT molecular complexity index is 813. The molecule has 25 heavy (non-hydrogen) atoms. The standard InChI is InChI=1S/C20H20N2O2S/c1-15-7-9-17(10-8-15)19-11-18(22-24-19)12-21-20(23)14-25-13-16-5-3-2-4-6-16/h2-11H,12-14H2,1H3,(H,21,23). The summed E-state index contributed by atoms with van der Waals surface area (Å²) >= 11 is 1.60. The molecule has 4 nitrogen and oxygen atoms in total. The Hall–Kier alpha value is -2.53. The maximum atomic E-state index is 11.9. The summed E-state index contributed by atoms with van der Waals surface area (Å²) in [5.74, 6) is 1.97. The number of nitrogens with one attached hydrogen (secondary N) is 1. The van der Waals surface area contributed by atoms with Crippen molar-refractivity contribution < 1.29 is 9.32 Å². The highest BCUT2D eigenvalue weighted by molar-refractivity contribution is 7.99. The summed E-state index contributed by atoms with van der Waals surface area (Å²) < 4.78 is 5.36. The van der Waals surface area contributed by atoms with E-state index in [4.69, 9.17) is 4.52 Å². The molecule has 1 aromatic heterocycles. The zero-order valence-corrected chi connectivity index (χ0v) is 14.9. The van der Waals surface area contributed by atoms with Crippen LogP contribution < -0.4 is 5.32 Å². The van der Waals surface area contributed by atoms with Crippen molar-refractivity contribution in [2.45, 2.75) is 19.2 Å². The van der Waals surface area contributed by atoms with Gasteiger partial charge in [-0.1, -0.05) is 65.3 Å². The van der Waals surface area contributed by atoms with Crippen molar-refractivity contribution in [3.8, 4) is 11.3 Å². The van der Waals surface area contributed by atoms with Crippen LogP contribution >= 0.6 is 11.8 Å². The highest BCUT2D eigenvalue weighted by Crippen LogP contribution is 2.20. The molecule has 128 valence electrons. The molecule has 0 aliphatic carbocycles. The molecule has 0 aliphatic rings. The second kappa shape index (κ2) is 8.53. The number of amides is 1. The van der Waals surface area contributed by atoms with Gasteiger partial charge in [0, 0.05) is 17.4 Å². The summed E-state index contributed by atoms with van der Waals surface area (Å²) in [6, 6.07) is 20.0. The van der Waals surface area contributed by atoms with E-state index in [1.54, 1.807) is 11.8 Å². The third-order valence-electron chi connectivity index (χ3n) is 3.71. The van der Waals surface area contributed by atoms with Gasteiger partial charge in [0.05, 0.1) is 12.3 Å². The van der Waals surface area contributed by atoms with Crippen LogP contribution in [-0.4, -0.2) is 16.8 Å². The van der Waals surface area contributed by atoms with Gasteiger partial charge in [-0.15, -0.1) is 11.8 Å². The van der Waals surface area contributed by atoms with Crippen molar-refractivity contribution in [2.24, 2.45) is 0 Å². The predicted octanol–water partition coefficient (Wildman–Crippen LogP) is 4.20. The summed E-state index contributed by atoms with van der Waals surface area (Å²) in [5, 5.41) is 6.90. The molecule has 1 amide bonds. The zero-order valence-electron chi connectivity index (χ0n) is 14.1. The molecule has 0 saturated heterocycles. The number of nitrogens with zero attached hydrogens (tertiary/aromatic N) is 1. The Morgan fingerprint density at radius 1 is 1.12 bits per heavy atom. The molecule has 0 atom stereocenters. The van der Waals surface area contributed by atoms with E-state index in [9.17, 15) is 4.79 Å². The van der Waals surface area contributed by atoms with Crippen molar-refractivity contribution in [1.29, 1.82) is 0 Å². The van der Waals surface area contributed by atoms with Crippen LogP contribution in [0, 0.1) is 6.92 Å². The Kier molecular flexibility index (Phi) is 5.90. The van der Waals surface area contributed by atoms with Gasteiger partial charge in [-0.05, 0) is 12.5 Å². The fourth-order valence-electron chi connectivity index (χ4n) is 2.32. The molecule has 0 bridgehead atoms. The van der Waals surface area contributed by atoms with Crippen LogP contribution in [0.4, 0.5) is 0 Å². The third kappa shape index (κ3) is 5.22. The van der Waals surface area contributed by atoms with E-state index in [-0.39, 0.29) is 5.91 Å². The first-order valence-electron chi connectivity index (χ1n) is 8.12. The largest absolute Gasteiger partial charge is 0.356 e. The average Bonchev–Trinajstić information content (AvgIpc) is 3.10. The van der Waals surface area contributed by atoms with Gasteiger partial charge >= 0.3 is 0 Å². The highest BCUT2D eigenvalue weighted by Gasteiger charge is 2.08. The second-order valence-corrected chi connectivity index (χ2v) is 6.79. The van der Waals surface area contributed by atoms with Crippen LogP contribution in [0.1, 0.15) is 16.8 Å². The SMILES string of the molecule is Cc1ccc(-c2cc(CNC(=O)CSCc3ccccc3)no2)cc1. The number of thioether (sulfide) groups is 1. The van der Waals surface area contributed by atoms with Gasteiger partial charge in [0.15, 0.2) is 5.76 Å². The highest BCUT2D eigenvalue weighted by atomic mass is 32.2. The van der Waals surface area contributed by atoms with Gasteiger partial charge in [0.2, 0.25) is 5.91 Å². The minimum Gasteiger partial charge on any atom is -0.356 e. The maximum Gasteiger partial charge on any atom is 0.230 e. The molecule has 3 aromatic rings. The van der Waals surface area contributed by atoms with Gasteiger partial charge in [-0.3, -0.25) is 4.79 Å². The molecule has 0 spiro atoms. The fraction of sp³-hybridized carbons (Fsp3) is 0.200. The van der Waals surface area contributed by atoms with Gasteiger partial charge in [-0.2, -0.15) is 0 Å². The molecule has 5 heteroatoms. The molecule has 0 saturated carbocycles. The summed E-state index contributed by atoms with van der Waals surface area (Å²) in [7, 11) is 0. The average molecular weight is 352 g/mol. The van der Waals surface area contributed by atoms with E-state index in [0.717, 1.165) is 17.0 Å². The predicted molar refractivity (Wildman–Crippen MR) is 101 cm³/mol. The first-order chi connectivity index (χ1) is 12.2. The fourth-order valence-corrected chi connectivity index (χ4v) is 3.14. The molecule has 1 heterocycles. The van der Waals surface area contributed by atoms with E-state index < -0.39 is 0 Å². The number of aromatic nitrogens is 1. The number of hydrogen-bond acceptors (Lipinski definition) is 4. The lowest BCUT2D eigenvalue weighted by atomic mass is 10.1. The molecule has 1 N–H and O–H groups in total. The molecular formula is C20H20N2O2S. The Balaban J connectivity index is 1.44. The number of hydrogen-bond donors (Lipinski definition) is 1. The zero-order chi connectivity index (χ0) is 17.5. The van der Waals surface area contributed by atoms with Crippen molar-refractivity contribution in [1.82, 2.24) is 10.5 Å². The normalized spacial score (nSPS) is 10.6. The first kappa shape index (κ1) is 17.3. The number of carbonyl (C=O) groups is 1. The van der Waals surface area contributed by atoms with Crippen LogP contribution in [0.25, 0.3) is 11.3 Å². The van der Waals surface area contributed by atoms with E-state index in [1.807, 2.05) is 55.5 Å². The lowest BCUT2D eigenvalue weighted by Crippen LogP contribution is -2.24. The van der Waals surface area contributed by atoms with Gasteiger partial charge in [0.1, 0.15) is 5.69 Å². The van der Waals surface area contributed by atoms with Crippen molar-refractivity contribution >= 4 is 17.7 Å². The van der Waals surface area contributed by atoms with Gasteiger partial charge < -0.3 is 9.84 Å². The minimum atomic E-state index is 0.000757. The molecule has 3 rings (SSSR count). The molecule has 2 aromatic carbocycles. The quantitative estimate of drug-likeness (QED) is 0.692. The maximum absolute atomic E-state index is 11.9. The summed E-state index contributed by atoms with van der Waals surface area (Å²) in [6.45, 7) is 2.42. The Labute approximate surface area is 151 Å². The lowest BCUT2D eigenvalue weighted by molar-refractivity contribution is -0.118. The van der Waals surface area contributed by atoms with E-state index in [1.165, 1.54) is 11.1 Å². The van der Waals surface area contributed by atoms with Crippen molar-refractivity contribution in [3.63, 3.8) is 0 Å². The summed E-state index contributed by atoms with van der Waals surface area (Å²) in [6.07, 6.45) is 0. The number of carbonyl (C=O) groups excluding carboxylic acids is 1. The van der Waals surface area contributed by atoms with E-state index in [2.05, 4.69) is 22.6 Å². The van der Waals surface area contributed by atoms with E-state index in [0.29, 0.717) is 18.1 Å². The van der Waals surface area contributed by atoms with Crippen LogP contribution in [-0.2, 0) is 17.1 Å². The van der Waals surface area contributed by atoms with Crippen LogP contribution in [0.15, 0.2) is 65.2 Å². The molecule has 0 unspecified atom stereocenters. The van der Waals surface area contributed by atoms with Crippen LogP contribution in [0.3, 0.4) is 0 Å². The molecule has 0 aliphatic heterocycles.